The van der Waals surface area contributed by atoms with Crippen LogP contribution in [0, 0.1) is 0 Å². The Balaban J connectivity index is 1.92. The molecular formula is C29H30F2NO5P. The number of ketones is 1. The van der Waals surface area contributed by atoms with Crippen molar-refractivity contribution < 1.29 is 32.0 Å². The van der Waals surface area contributed by atoms with Crippen LogP contribution < -0.4 is 14.8 Å². The third-order valence-corrected chi connectivity index (χ3v) is 7.78. The molecule has 9 heteroatoms. The Morgan fingerprint density at radius 3 is 1.87 bits per heavy atom. The standard InChI is InChI=1S/C29H30F2NO5P/c1-3-4-19-28(32,21-33)27(34)20-22(2)23-15-17-24(18-16-23)29(30,31)38(35,36-25-11-7-5-8-12-25)37-26-13-9-6-10-14-26/h5-18,20-21H,3-4,19,32H2,1-2H3/t28-/m0/s1. The maximum Gasteiger partial charge on any atom is 0.504 e. The van der Waals surface area contributed by atoms with E-state index < -0.39 is 30.1 Å². The van der Waals surface area contributed by atoms with Crippen LogP contribution >= 0.6 is 7.60 Å². The summed E-state index contributed by atoms with van der Waals surface area (Å²) in [6.45, 7) is 3.53. The van der Waals surface area contributed by atoms with Crippen LogP contribution in [0.15, 0.2) is 91.0 Å². The van der Waals surface area contributed by atoms with Gasteiger partial charge in [-0.3, -0.25) is 4.79 Å². The molecule has 1 atom stereocenters. The van der Waals surface area contributed by atoms with Crippen LogP contribution in [0.1, 0.15) is 44.2 Å². The monoisotopic (exact) mass is 541 g/mol. The maximum absolute atomic E-state index is 15.8. The van der Waals surface area contributed by atoms with Crippen molar-refractivity contribution in [1.82, 2.24) is 0 Å². The molecule has 0 amide bonds. The predicted octanol–water partition coefficient (Wildman–Crippen LogP) is 7.15. The fourth-order valence-electron chi connectivity index (χ4n) is 3.59. The summed E-state index contributed by atoms with van der Waals surface area (Å²) in [6.07, 6.45) is 3.26. The molecule has 3 rings (SSSR count). The number of carbonyl (C=O) groups is 2. The van der Waals surface area contributed by atoms with Gasteiger partial charge < -0.3 is 19.6 Å². The van der Waals surface area contributed by atoms with Gasteiger partial charge in [-0.15, -0.1) is 0 Å². The molecule has 0 aliphatic carbocycles. The first kappa shape index (κ1) is 29.0. The zero-order valence-corrected chi connectivity index (χ0v) is 22.1. The molecule has 6 nitrogen and oxygen atoms in total. The molecule has 0 aliphatic rings. The molecule has 2 N–H and O–H groups in total. The second kappa shape index (κ2) is 12.3. The van der Waals surface area contributed by atoms with Gasteiger partial charge in [-0.1, -0.05) is 80.4 Å². The van der Waals surface area contributed by atoms with Gasteiger partial charge in [-0.25, -0.2) is 4.57 Å². The molecule has 38 heavy (non-hydrogen) atoms. The van der Waals surface area contributed by atoms with Gasteiger partial charge >= 0.3 is 13.3 Å². The summed E-state index contributed by atoms with van der Waals surface area (Å²) in [7, 11) is -5.14. The highest BCUT2D eigenvalue weighted by Gasteiger charge is 2.58. The van der Waals surface area contributed by atoms with Crippen molar-refractivity contribution in [3.05, 3.63) is 102 Å². The number of para-hydroxylation sites is 2. The first-order chi connectivity index (χ1) is 18.0. The van der Waals surface area contributed by atoms with E-state index in [-0.39, 0.29) is 17.9 Å². The Labute approximate surface area is 221 Å². The average Bonchev–Trinajstić information content (AvgIpc) is 2.92. The Morgan fingerprint density at radius 2 is 1.42 bits per heavy atom. The minimum absolute atomic E-state index is 0.0381. The summed E-state index contributed by atoms with van der Waals surface area (Å²) in [4.78, 5) is 24.2. The fourth-order valence-corrected chi connectivity index (χ4v) is 5.12. The van der Waals surface area contributed by atoms with E-state index in [1.165, 1.54) is 42.5 Å². The van der Waals surface area contributed by atoms with Crippen molar-refractivity contribution in [2.24, 2.45) is 5.73 Å². The number of allylic oxidation sites excluding steroid dienone is 1. The SMILES string of the molecule is CCCC[C@](N)(C=O)C(=O)C=C(C)c1ccc(C(F)(F)P(=O)(Oc2ccccc2)Oc2ccccc2)cc1. The molecule has 0 aliphatic heterocycles. The van der Waals surface area contributed by atoms with E-state index in [9.17, 15) is 14.2 Å². The van der Waals surface area contributed by atoms with E-state index in [0.29, 0.717) is 23.8 Å². The smallest absolute Gasteiger partial charge is 0.412 e. The van der Waals surface area contributed by atoms with Gasteiger partial charge in [0.25, 0.3) is 0 Å². The largest absolute Gasteiger partial charge is 0.504 e. The number of alkyl halides is 2. The Bertz CT molecular complexity index is 1270. The van der Waals surface area contributed by atoms with Crippen molar-refractivity contribution in [2.45, 2.75) is 44.3 Å². The first-order valence-electron chi connectivity index (χ1n) is 12.1. The molecule has 0 heterocycles. The molecule has 0 radical (unpaired) electrons. The molecule has 0 saturated heterocycles. The van der Waals surface area contributed by atoms with Crippen molar-refractivity contribution in [3.8, 4) is 11.5 Å². The maximum atomic E-state index is 15.8. The number of benzene rings is 3. The molecule has 0 saturated carbocycles. The van der Waals surface area contributed by atoms with Crippen LogP contribution in [-0.4, -0.2) is 17.6 Å². The van der Waals surface area contributed by atoms with E-state index in [2.05, 4.69) is 0 Å². The number of carbonyl (C=O) groups excluding carboxylic acids is 2. The number of nitrogens with two attached hydrogens (primary N) is 1. The van der Waals surface area contributed by atoms with Crippen LogP contribution in [0.5, 0.6) is 11.5 Å². The van der Waals surface area contributed by atoms with Crippen molar-refractivity contribution in [1.29, 1.82) is 0 Å². The van der Waals surface area contributed by atoms with Crippen molar-refractivity contribution in [2.75, 3.05) is 0 Å². The molecular weight excluding hydrogens is 511 g/mol. The Hall–Kier alpha value is -3.61. The van der Waals surface area contributed by atoms with E-state index in [1.54, 1.807) is 43.3 Å². The van der Waals surface area contributed by atoms with E-state index in [1.807, 2.05) is 6.92 Å². The summed E-state index contributed by atoms with van der Waals surface area (Å²) in [5.74, 6) is -0.641. The van der Waals surface area contributed by atoms with Gasteiger partial charge in [0.1, 0.15) is 23.3 Å². The van der Waals surface area contributed by atoms with E-state index in [4.69, 9.17) is 14.8 Å². The lowest BCUT2D eigenvalue weighted by molar-refractivity contribution is -0.125. The fraction of sp³-hybridized carbons (Fsp3) is 0.241. The second-order valence-electron chi connectivity index (χ2n) is 8.88. The molecule has 0 fully saturated rings. The summed E-state index contributed by atoms with van der Waals surface area (Å²) < 4.78 is 55.9. The predicted molar refractivity (Wildman–Crippen MR) is 143 cm³/mol. The van der Waals surface area contributed by atoms with Crippen molar-refractivity contribution >= 4 is 25.2 Å². The Morgan fingerprint density at radius 1 is 0.921 bits per heavy atom. The van der Waals surface area contributed by atoms with Crippen LogP contribution in [-0.2, 0) is 19.8 Å². The quantitative estimate of drug-likeness (QED) is 0.107. The molecule has 3 aromatic carbocycles. The topological polar surface area (TPSA) is 95.7 Å². The highest BCUT2D eigenvalue weighted by molar-refractivity contribution is 7.55. The summed E-state index contributed by atoms with van der Waals surface area (Å²) in [6, 6.07) is 20.1. The lowest BCUT2D eigenvalue weighted by Gasteiger charge is -2.27. The van der Waals surface area contributed by atoms with Crippen LogP contribution in [0.2, 0.25) is 0 Å². The second-order valence-corrected chi connectivity index (χ2v) is 10.8. The van der Waals surface area contributed by atoms with Gasteiger partial charge in [0.15, 0.2) is 5.78 Å². The molecule has 0 unspecified atom stereocenters. The lowest BCUT2D eigenvalue weighted by atomic mass is 9.89. The van der Waals surface area contributed by atoms with Gasteiger partial charge in [-0.05, 0) is 54.8 Å². The number of halogens is 2. The van der Waals surface area contributed by atoms with Crippen LogP contribution in [0.25, 0.3) is 5.57 Å². The van der Waals surface area contributed by atoms with Gasteiger partial charge in [0.05, 0.1) is 0 Å². The molecule has 0 bridgehead atoms. The number of aldehydes is 1. The van der Waals surface area contributed by atoms with Gasteiger partial charge in [-0.2, -0.15) is 8.78 Å². The first-order valence-corrected chi connectivity index (χ1v) is 13.6. The van der Waals surface area contributed by atoms with Crippen molar-refractivity contribution in [3.63, 3.8) is 0 Å². The minimum atomic E-state index is -5.14. The highest BCUT2D eigenvalue weighted by atomic mass is 31.2. The molecule has 3 aromatic rings. The zero-order chi connectivity index (χ0) is 27.8. The van der Waals surface area contributed by atoms with Gasteiger partial charge in [0.2, 0.25) is 0 Å². The number of rotatable bonds is 13. The Kier molecular flexibility index (Phi) is 9.36. The number of hydrogen-bond donors (Lipinski definition) is 1. The van der Waals surface area contributed by atoms with E-state index in [0.717, 1.165) is 18.6 Å². The summed E-state index contributed by atoms with van der Waals surface area (Å²) in [5.41, 5.74) is 0.601. The molecule has 0 aromatic heterocycles. The molecule has 0 spiro atoms. The summed E-state index contributed by atoms with van der Waals surface area (Å²) in [5, 5.41) is 0. The van der Waals surface area contributed by atoms with E-state index >= 15 is 8.78 Å². The zero-order valence-electron chi connectivity index (χ0n) is 21.2. The molecule has 200 valence electrons. The number of unbranched alkanes of at least 4 members (excludes halogenated alkanes) is 1. The minimum Gasteiger partial charge on any atom is -0.412 e. The van der Waals surface area contributed by atoms with Crippen LogP contribution in [0.3, 0.4) is 0 Å². The third kappa shape index (κ3) is 6.63. The number of hydrogen-bond acceptors (Lipinski definition) is 6. The van der Waals surface area contributed by atoms with Crippen LogP contribution in [0.4, 0.5) is 8.78 Å². The highest BCUT2D eigenvalue weighted by Crippen LogP contribution is 2.65. The third-order valence-electron chi connectivity index (χ3n) is 5.93. The average molecular weight is 542 g/mol. The van der Waals surface area contributed by atoms with Gasteiger partial charge in [0, 0.05) is 5.56 Å². The normalized spacial score (nSPS) is 13.9. The lowest BCUT2D eigenvalue weighted by Crippen LogP contribution is -2.48. The summed E-state index contributed by atoms with van der Waals surface area (Å²) >= 11 is 0.